The molecule has 2 N–H and O–H groups in total. The second-order valence-electron chi connectivity index (χ2n) is 6.02. The van der Waals surface area contributed by atoms with E-state index >= 15 is 0 Å². The van der Waals surface area contributed by atoms with Gasteiger partial charge < -0.3 is 15.4 Å². The van der Waals surface area contributed by atoms with Crippen LogP contribution >= 0.6 is 15.9 Å². The minimum absolute atomic E-state index is 0.0305. The smallest absolute Gasteiger partial charge is 0.243 e. The summed E-state index contributed by atoms with van der Waals surface area (Å²) in [5.41, 5.74) is 2.36. The highest BCUT2D eigenvalue weighted by atomic mass is 79.9. The molecule has 0 heterocycles. The quantitative estimate of drug-likeness (QED) is 0.522. The number of ketones is 1. The van der Waals surface area contributed by atoms with Gasteiger partial charge in [-0.2, -0.15) is 0 Å². The summed E-state index contributed by atoms with van der Waals surface area (Å²) in [6, 6.07) is 21.5. The summed E-state index contributed by atoms with van der Waals surface area (Å²) in [5, 5.41) is 5.86. The number of halogens is 1. The summed E-state index contributed by atoms with van der Waals surface area (Å²) in [6.07, 6.45) is 0. The summed E-state index contributed by atoms with van der Waals surface area (Å²) in [4.78, 5) is 25.1. The summed E-state index contributed by atoms with van der Waals surface area (Å²) in [5.74, 6) is 0.390. The number of ether oxygens (including phenoxy) is 1. The minimum atomic E-state index is -0.216. The van der Waals surface area contributed by atoms with Crippen molar-refractivity contribution in [1.82, 2.24) is 0 Å². The SMILES string of the molecule is COc1ccc(NC(=O)CNc2ccc(Br)cc2C(=O)c2ccccc2)cc1. The van der Waals surface area contributed by atoms with Gasteiger partial charge in [0.05, 0.1) is 13.7 Å². The Kier molecular flexibility index (Phi) is 6.45. The Bertz CT molecular complexity index is 973. The highest BCUT2D eigenvalue weighted by Crippen LogP contribution is 2.24. The Hall–Kier alpha value is -3.12. The van der Waals surface area contributed by atoms with Gasteiger partial charge in [-0.05, 0) is 42.5 Å². The molecule has 1 amide bonds. The van der Waals surface area contributed by atoms with Crippen LogP contribution in [0.5, 0.6) is 5.75 Å². The van der Waals surface area contributed by atoms with E-state index in [1.165, 1.54) is 0 Å². The maximum absolute atomic E-state index is 12.8. The molecule has 0 radical (unpaired) electrons. The van der Waals surface area contributed by atoms with E-state index in [1.54, 1.807) is 55.6 Å². The van der Waals surface area contributed by atoms with E-state index in [9.17, 15) is 9.59 Å². The van der Waals surface area contributed by atoms with Gasteiger partial charge in [0.2, 0.25) is 5.91 Å². The zero-order chi connectivity index (χ0) is 19.9. The molecular formula is C22H19BrN2O3. The summed E-state index contributed by atoms with van der Waals surface area (Å²) in [7, 11) is 1.59. The van der Waals surface area contributed by atoms with Crippen LogP contribution in [0, 0.1) is 0 Å². The predicted octanol–water partition coefficient (Wildman–Crippen LogP) is 4.74. The molecule has 3 aromatic carbocycles. The van der Waals surface area contributed by atoms with Crippen LogP contribution in [-0.4, -0.2) is 25.3 Å². The normalized spacial score (nSPS) is 10.2. The number of benzene rings is 3. The van der Waals surface area contributed by atoms with Gasteiger partial charge in [0.25, 0.3) is 0 Å². The average Bonchev–Trinajstić information content (AvgIpc) is 2.73. The van der Waals surface area contributed by atoms with Gasteiger partial charge in [-0.25, -0.2) is 0 Å². The lowest BCUT2D eigenvalue weighted by Gasteiger charge is -2.12. The molecule has 3 aromatic rings. The number of rotatable bonds is 7. The topological polar surface area (TPSA) is 67.4 Å². The number of anilines is 2. The molecule has 0 saturated carbocycles. The van der Waals surface area contributed by atoms with Gasteiger partial charge >= 0.3 is 0 Å². The number of amides is 1. The van der Waals surface area contributed by atoms with Crippen LogP contribution in [0.15, 0.2) is 77.3 Å². The Morgan fingerprint density at radius 1 is 0.964 bits per heavy atom. The van der Waals surface area contributed by atoms with E-state index in [2.05, 4.69) is 26.6 Å². The summed E-state index contributed by atoms with van der Waals surface area (Å²) in [6.45, 7) is 0.0305. The van der Waals surface area contributed by atoms with Gasteiger partial charge in [0.1, 0.15) is 5.75 Å². The molecule has 0 unspecified atom stereocenters. The lowest BCUT2D eigenvalue weighted by molar-refractivity contribution is -0.114. The first kappa shape index (κ1) is 19.6. The van der Waals surface area contributed by atoms with E-state index < -0.39 is 0 Å². The van der Waals surface area contributed by atoms with Gasteiger partial charge in [0, 0.05) is 27.0 Å². The highest BCUT2D eigenvalue weighted by molar-refractivity contribution is 9.10. The molecule has 5 nitrogen and oxygen atoms in total. The van der Waals surface area contributed by atoms with Gasteiger partial charge in [-0.15, -0.1) is 0 Å². The summed E-state index contributed by atoms with van der Waals surface area (Å²) < 4.78 is 5.89. The molecular weight excluding hydrogens is 420 g/mol. The van der Waals surface area contributed by atoms with Crippen LogP contribution in [0.2, 0.25) is 0 Å². The molecule has 0 aliphatic heterocycles. The zero-order valence-electron chi connectivity index (χ0n) is 15.2. The molecule has 0 saturated heterocycles. The van der Waals surface area contributed by atoms with Gasteiger partial charge in [-0.3, -0.25) is 9.59 Å². The number of methoxy groups -OCH3 is 1. The standard InChI is InChI=1S/C22H19BrN2O3/c1-28-18-10-8-17(9-11-18)25-21(26)14-24-20-12-7-16(23)13-19(20)22(27)15-5-3-2-4-6-15/h2-13,24H,14H2,1H3,(H,25,26). The second-order valence-corrected chi connectivity index (χ2v) is 6.93. The lowest BCUT2D eigenvalue weighted by Crippen LogP contribution is -2.22. The Morgan fingerprint density at radius 3 is 2.36 bits per heavy atom. The fourth-order valence-corrected chi connectivity index (χ4v) is 3.02. The number of nitrogens with one attached hydrogen (secondary N) is 2. The van der Waals surface area contributed by atoms with Crippen molar-refractivity contribution in [2.75, 3.05) is 24.3 Å². The Labute approximate surface area is 171 Å². The van der Waals surface area contributed by atoms with Crippen LogP contribution in [0.4, 0.5) is 11.4 Å². The zero-order valence-corrected chi connectivity index (χ0v) is 16.8. The van der Waals surface area contributed by atoms with E-state index in [1.807, 2.05) is 24.3 Å². The van der Waals surface area contributed by atoms with Crippen molar-refractivity contribution in [1.29, 1.82) is 0 Å². The molecule has 6 heteroatoms. The van der Waals surface area contributed by atoms with E-state index in [0.29, 0.717) is 22.5 Å². The van der Waals surface area contributed by atoms with E-state index in [0.717, 1.165) is 10.2 Å². The fourth-order valence-electron chi connectivity index (χ4n) is 2.66. The molecule has 0 aliphatic carbocycles. The average molecular weight is 439 g/mol. The molecule has 0 atom stereocenters. The number of carbonyl (C=O) groups excluding carboxylic acids is 2. The third kappa shape index (κ3) is 4.98. The minimum Gasteiger partial charge on any atom is -0.497 e. The van der Waals surface area contributed by atoms with Crippen molar-refractivity contribution < 1.29 is 14.3 Å². The molecule has 28 heavy (non-hydrogen) atoms. The van der Waals surface area contributed by atoms with Crippen LogP contribution in [0.1, 0.15) is 15.9 Å². The Morgan fingerprint density at radius 2 is 1.68 bits per heavy atom. The van der Waals surface area contributed by atoms with E-state index in [4.69, 9.17) is 4.74 Å². The number of hydrogen-bond donors (Lipinski definition) is 2. The second kappa shape index (κ2) is 9.19. The lowest BCUT2D eigenvalue weighted by atomic mass is 10.0. The number of hydrogen-bond acceptors (Lipinski definition) is 4. The van der Waals surface area contributed by atoms with Crippen LogP contribution in [0.3, 0.4) is 0 Å². The molecule has 0 bridgehead atoms. The van der Waals surface area contributed by atoms with Gasteiger partial charge in [0.15, 0.2) is 5.78 Å². The van der Waals surface area contributed by atoms with Crippen molar-refractivity contribution in [3.63, 3.8) is 0 Å². The first-order valence-electron chi connectivity index (χ1n) is 8.64. The van der Waals surface area contributed by atoms with Crippen LogP contribution in [0.25, 0.3) is 0 Å². The maximum atomic E-state index is 12.8. The van der Waals surface area contributed by atoms with Crippen molar-refractivity contribution in [3.8, 4) is 5.75 Å². The van der Waals surface area contributed by atoms with Crippen molar-refractivity contribution in [2.24, 2.45) is 0 Å². The number of carbonyl (C=O) groups is 2. The third-order valence-electron chi connectivity index (χ3n) is 4.08. The van der Waals surface area contributed by atoms with Crippen molar-refractivity contribution >= 4 is 39.0 Å². The predicted molar refractivity (Wildman–Crippen MR) is 114 cm³/mol. The molecule has 0 fully saturated rings. The van der Waals surface area contributed by atoms with Gasteiger partial charge in [-0.1, -0.05) is 46.3 Å². The first-order valence-corrected chi connectivity index (χ1v) is 9.43. The molecule has 0 spiro atoms. The van der Waals surface area contributed by atoms with Crippen LogP contribution in [-0.2, 0) is 4.79 Å². The van der Waals surface area contributed by atoms with Crippen molar-refractivity contribution in [3.05, 3.63) is 88.4 Å². The summed E-state index contributed by atoms with van der Waals surface area (Å²) >= 11 is 3.40. The largest absolute Gasteiger partial charge is 0.497 e. The third-order valence-corrected chi connectivity index (χ3v) is 4.57. The molecule has 142 valence electrons. The highest BCUT2D eigenvalue weighted by Gasteiger charge is 2.15. The fraction of sp³-hybridized carbons (Fsp3) is 0.0909. The van der Waals surface area contributed by atoms with Crippen molar-refractivity contribution in [2.45, 2.75) is 0 Å². The first-order chi connectivity index (χ1) is 13.6. The molecule has 3 rings (SSSR count). The maximum Gasteiger partial charge on any atom is 0.243 e. The Balaban J connectivity index is 1.70. The molecule has 0 aliphatic rings. The van der Waals surface area contributed by atoms with Crippen LogP contribution < -0.4 is 15.4 Å². The monoisotopic (exact) mass is 438 g/mol. The van der Waals surface area contributed by atoms with E-state index in [-0.39, 0.29) is 18.2 Å². The molecule has 0 aromatic heterocycles.